The van der Waals surface area contributed by atoms with E-state index in [1.54, 1.807) is 0 Å². The van der Waals surface area contributed by atoms with Crippen molar-refractivity contribution in [2.24, 2.45) is 5.73 Å². The molecule has 3 N–H and O–H groups in total. The zero-order chi connectivity index (χ0) is 18.1. The highest BCUT2D eigenvalue weighted by atomic mass is 16.5. The molecule has 5 heteroatoms. The predicted molar refractivity (Wildman–Crippen MR) is 96.7 cm³/mol. The molecular weight excluding hydrogens is 316 g/mol. The Balaban J connectivity index is 1.93. The highest BCUT2D eigenvalue weighted by Crippen LogP contribution is 2.17. The van der Waals surface area contributed by atoms with Gasteiger partial charge in [-0.2, -0.15) is 0 Å². The minimum atomic E-state index is -0.767. The molecule has 25 heavy (non-hydrogen) atoms. The third-order valence-electron chi connectivity index (χ3n) is 4.04. The summed E-state index contributed by atoms with van der Waals surface area (Å²) in [6, 6.07) is 18.4. The zero-order valence-corrected chi connectivity index (χ0v) is 14.4. The smallest absolute Gasteiger partial charge is 0.254 e. The van der Waals surface area contributed by atoms with E-state index in [1.807, 2.05) is 60.7 Å². The molecule has 0 bridgehead atoms. The molecule has 0 aliphatic carbocycles. The van der Waals surface area contributed by atoms with Gasteiger partial charge in [-0.05, 0) is 30.4 Å². The van der Waals surface area contributed by atoms with Gasteiger partial charge in [-0.1, -0.05) is 60.7 Å². The second kappa shape index (κ2) is 9.59. The van der Waals surface area contributed by atoms with Crippen LogP contribution in [0.4, 0.5) is 0 Å². The number of hydrogen-bond donors (Lipinski definition) is 2. The molecule has 2 aromatic rings. The monoisotopic (exact) mass is 340 g/mol. The van der Waals surface area contributed by atoms with E-state index < -0.39 is 18.1 Å². The Morgan fingerprint density at radius 2 is 1.64 bits per heavy atom. The third kappa shape index (κ3) is 5.72. The van der Waals surface area contributed by atoms with Crippen LogP contribution in [0.15, 0.2) is 60.7 Å². The number of primary amides is 1. The first-order chi connectivity index (χ1) is 12.1. The van der Waals surface area contributed by atoms with E-state index in [0.29, 0.717) is 6.42 Å². The maximum absolute atomic E-state index is 12.5. The van der Waals surface area contributed by atoms with Gasteiger partial charge < -0.3 is 15.8 Å². The molecule has 5 nitrogen and oxygen atoms in total. The van der Waals surface area contributed by atoms with Crippen LogP contribution in [0.1, 0.15) is 30.1 Å². The second-order valence-corrected chi connectivity index (χ2v) is 5.87. The SMILES string of the molecule is CO[C@H](C(=O)N[C@H](CCCc1ccccc1)C(N)=O)c1ccccc1. The van der Waals surface area contributed by atoms with Gasteiger partial charge in [0.05, 0.1) is 0 Å². The fourth-order valence-corrected chi connectivity index (χ4v) is 2.71. The van der Waals surface area contributed by atoms with Gasteiger partial charge in [-0.25, -0.2) is 0 Å². The van der Waals surface area contributed by atoms with Crippen molar-refractivity contribution in [2.45, 2.75) is 31.4 Å². The van der Waals surface area contributed by atoms with Crippen molar-refractivity contribution < 1.29 is 14.3 Å². The molecule has 2 atom stereocenters. The van der Waals surface area contributed by atoms with Crippen LogP contribution >= 0.6 is 0 Å². The molecule has 2 amide bonds. The molecule has 0 aliphatic rings. The first-order valence-electron chi connectivity index (χ1n) is 8.33. The fourth-order valence-electron chi connectivity index (χ4n) is 2.71. The number of rotatable bonds is 9. The van der Waals surface area contributed by atoms with Crippen LogP contribution in [-0.2, 0) is 20.7 Å². The number of ether oxygens (including phenoxy) is 1. The Hall–Kier alpha value is -2.66. The van der Waals surface area contributed by atoms with Crippen molar-refractivity contribution in [3.8, 4) is 0 Å². The lowest BCUT2D eigenvalue weighted by atomic mass is 10.0. The number of benzene rings is 2. The van der Waals surface area contributed by atoms with E-state index in [-0.39, 0.29) is 5.91 Å². The Labute approximate surface area is 148 Å². The maximum Gasteiger partial charge on any atom is 0.254 e. The quantitative estimate of drug-likeness (QED) is 0.735. The average molecular weight is 340 g/mol. The van der Waals surface area contributed by atoms with E-state index >= 15 is 0 Å². The molecule has 0 aromatic heterocycles. The zero-order valence-electron chi connectivity index (χ0n) is 14.4. The van der Waals surface area contributed by atoms with Crippen molar-refractivity contribution in [3.63, 3.8) is 0 Å². The van der Waals surface area contributed by atoms with Gasteiger partial charge in [-0.15, -0.1) is 0 Å². The Morgan fingerprint density at radius 3 is 2.20 bits per heavy atom. The Bertz CT molecular complexity index is 674. The average Bonchev–Trinajstić information content (AvgIpc) is 2.63. The number of methoxy groups -OCH3 is 1. The minimum Gasteiger partial charge on any atom is -0.368 e. The van der Waals surface area contributed by atoms with E-state index in [1.165, 1.54) is 12.7 Å². The topological polar surface area (TPSA) is 81.4 Å². The molecule has 0 unspecified atom stereocenters. The number of hydrogen-bond acceptors (Lipinski definition) is 3. The summed E-state index contributed by atoms with van der Waals surface area (Å²) < 4.78 is 5.29. The van der Waals surface area contributed by atoms with Crippen molar-refractivity contribution >= 4 is 11.8 Å². The van der Waals surface area contributed by atoms with Crippen LogP contribution in [0.3, 0.4) is 0 Å². The first kappa shape index (κ1) is 18.7. The Kier molecular flexibility index (Phi) is 7.16. The van der Waals surface area contributed by atoms with Crippen molar-refractivity contribution in [2.75, 3.05) is 7.11 Å². The lowest BCUT2D eigenvalue weighted by Crippen LogP contribution is -2.46. The number of carbonyl (C=O) groups is 2. The number of carbonyl (C=O) groups excluding carboxylic acids is 2. The van der Waals surface area contributed by atoms with Gasteiger partial charge in [0, 0.05) is 7.11 Å². The summed E-state index contributed by atoms with van der Waals surface area (Å²) in [4.78, 5) is 24.2. The number of aryl methyl sites for hydroxylation is 1. The molecule has 0 aliphatic heterocycles. The van der Waals surface area contributed by atoms with Gasteiger partial charge >= 0.3 is 0 Å². The summed E-state index contributed by atoms with van der Waals surface area (Å²) >= 11 is 0. The number of nitrogens with one attached hydrogen (secondary N) is 1. The second-order valence-electron chi connectivity index (χ2n) is 5.87. The molecule has 132 valence electrons. The van der Waals surface area contributed by atoms with Gasteiger partial charge in [0.1, 0.15) is 6.04 Å². The molecule has 0 fully saturated rings. The van der Waals surface area contributed by atoms with Crippen molar-refractivity contribution in [3.05, 3.63) is 71.8 Å². The Morgan fingerprint density at radius 1 is 1.04 bits per heavy atom. The van der Waals surface area contributed by atoms with Gasteiger partial charge in [-0.3, -0.25) is 9.59 Å². The van der Waals surface area contributed by atoms with Crippen LogP contribution < -0.4 is 11.1 Å². The summed E-state index contributed by atoms with van der Waals surface area (Å²) in [6.45, 7) is 0. The van der Waals surface area contributed by atoms with Gasteiger partial charge in [0.15, 0.2) is 6.10 Å². The molecule has 0 saturated carbocycles. The fraction of sp³-hybridized carbons (Fsp3) is 0.300. The molecule has 0 saturated heterocycles. The summed E-state index contributed by atoms with van der Waals surface area (Å²) in [6.07, 6.45) is 1.30. The largest absolute Gasteiger partial charge is 0.368 e. The van der Waals surface area contributed by atoms with Crippen molar-refractivity contribution in [1.82, 2.24) is 5.32 Å². The van der Waals surface area contributed by atoms with E-state index in [9.17, 15) is 9.59 Å². The molecule has 0 spiro atoms. The molecule has 0 radical (unpaired) electrons. The highest BCUT2D eigenvalue weighted by molar-refractivity contribution is 5.89. The summed E-state index contributed by atoms with van der Waals surface area (Å²) in [7, 11) is 1.46. The third-order valence-corrected chi connectivity index (χ3v) is 4.04. The molecule has 0 heterocycles. The van der Waals surface area contributed by atoms with Gasteiger partial charge in [0.2, 0.25) is 5.91 Å². The van der Waals surface area contributed by atoms with Gasteiger partial charge in [0.25, 0.3) is 5.91 Å². The minimum absolute atomic E-state index is 0.364. The lowest BCUT2D eigenvalue weighted by molar-refractivity contribution is -0.135. The van der Waals surface area contributed by atoms with E-state index in [0.717, 1.165) is 18.4 Å². The van der Waals surface area contributed by atoms with Crippen LogP contribution in [0.2, 0.25) is 0 Å². The van der Waals surface area contributed by atoms with Crippen LogP contribution in [-0.4, -0.2) is 25.0 Å². The summed E-state index contributed by atoms with van der Waals surface area (Å²) in [5.74, 6) is -0.901. The summed E-state index contributed by atoms with van der Waals surface area (Å²) in [5.41, 5.74) is 7.37. The first-order valence-corrected chi connectivity index (χ1v) is 8.33. The normalized spacial score (nSPS) is 13.0. The molecule has 2 rings (SSSR count). The standard InChI is InChI=1S/C20H24N2O3/c1-25-18(16-12-6-3-7-13-16)20(24)22-17(19(21)23)14-8-11-15-9-4-2-5-10-15/h2-7,9-10,12-13,17-18H,8,11,14H2,1H3,(H2,21,23)(H,22,24)/t17-,18+/m1/s1. The highest BCUT2D eigenvalue weighted by Gasteiger charge is 2.25. The van der Waals surface area contributed by atoms with Crippen LogP contribution in [0.25, 0.3) is 0 Å². The van der Waals surface area contributed by atoms with Crippen LogP contribution in [0.5, 0.6) is 0 Å². The maximum atomic E-state index is 12.5. The van der Waals surface area contributed by atoms with E-state index in [4.69, 9.17) is 10.5 Å². The molecular formula is C20H24N2O3. The van der Waals surface area contributed by atoms with Crippen molar-refractivity contribution in [1.29, 1.82) is 0 Å². The number of amides is 2. The summed E-state index contributed by atoms with van der Waals surface area (Å²) in [5, 5.41) is 2.71. The van der Waals surface area contributed by atoms with Crippen LogP contribution in [0, 0.1) is 0 Å². The van der Waals surface area contributed by atoms with E-state index in [2.05, 4.69) is 5.32 Å². The lowest BCUT2D eigenvalue weighted by Gasteiger charge is -2.20. The predicted octanol–water partition coefficient (Wildman–Crippen LogP) is 2.37. The number of nitrogens with two attached hydrogens (primary N) is 1. The molecule has 2 aromatic carbocycles.